The van der Waals surface area contributed by atoms with E-state index in [0.29, 0.717) is 11.3 Å². The average molecular weight is 248 g/mol. The highest BCUT2D eigenvalue weighted by Crippen LogP contribution is 2.29. The molecule has 0 fully saturated rings. The molecule has 0 saturated heterocycles. The van der Waals surface area contributed by atoms with Crippen molar-refractivity contribution in [2.75, 3.05) is 18.0 Å². The molecule has 0 atom stereocenters. The van der Waals surface area contributed by atoms with Gasteiger partial charge in [-0.2, -0.15) is 5.10 Å². The first-order valence-electron chi connectivity index (χ1n) is 5.89. The summed E-state index contributed by atoms with van der Waals surface area (Å²) < 4.78 is 1.65. The molecular formula is C12H16N4O2. The first kappa shape index (κ1) is 12.3. The van der Waals surface area contributed by atoms with Gasteiger partial charge in [0.05, 0.1) is 17.3 Å². The van der Waals surface area contributed by atoms with Gasteiger partial charge < -0.3 is 10.0 Å². The molecule has 0 aromatic carbocycles. The number of aromatic carboxylic acids is 1. The molecule has 2 aromatic rings. The average Bonchev–Trinajstić information content (AvgIpc) is 2.73. The van der Waals surface area contributed by atoms with Crippen molar-refractivity contribution in [3.05, 3.63) is 18.0 Å². The quantitative estimate of drug-likeness (QED) is 0.888. The molecule has 0 amide bonds. The Kier molecular flexibility index (Phi) is 3.18. The van der Waals surface area contributed by atoms with Crippen LogP contribution in [-0.2, 0) is 7.05 Å². The zero-order valence-corrected chi connectivity index (χ0v) is 10.7. The highest BCUT2D eigenvalue weighted by atomic mass is 16.4. The molecule has 0 bridgehead atoms. The number of hydrogen-bond donors (Lipinski definition) is 1. The second-order valence-electron chi connectivity index (χ2n) is 4.00. The lowest BCUT2D eigenvalue weighted by atomic mass is 10.1. The zero-order chi connectivity index (χ0) is 13.3. The van der Waals surface area contributed by atoms with Crippen LogP contribution < -0.4 is 4.90 Å². The molecule has 0 unspecified atom stereocenters. The van der Waals surface area contributed by atoms with Gasteiger partial charge in [0.2, 0.25) is 0 Å². The number of carboxylic acid groups (broad SMARTS) is 1. The van der Waals surface area contributed by atoms with Gasteiger partial charge >= 0.3 is 5.97 Å². The maximum Gasteiger partial charge on any atom is 0.339 e. The molecule has 0 aliphatic carbocycles. The van der Waals surface area contributed by atoms with E-state index in [0.717, 1.165) is 18.5 Å². The Morgan fingerprint density at radius 1 is 1.39 bits per heavy atom. The first-order valence-corrected chi connectivity index (χ1v) is 5.89. The summed E-state index contributed by atoms with van der Waals surface area (Å²) >= 11 is 0. The Bertz CT molecular complexity index is 587. The fraction of sp³-hybridized carbons (Fsp3) is 0.417. The number of pyridine rings is 1. The summed E-state index contributed by atoms with van der Waals surface area (Å²) in [6.07, 6.45) is 3.07. The third-order valence-electron chi connectivity index (χ3n) is 3.04. The summed E-state index contributed by atoms with van der Waals surface area (Å²) in [5, 5.41) is 14.2. The Balaban J connectivity index is 2.77. The van der Waals surface area contributed by atoms with Gasteiger partial charge in [0.1, 0.15) is 5.56 Å². The number of carbonyl (C=O) groups is 1. The highest BCUT2D eigenvalue weighted by molar-refractivity contribution is 6.03. The van der Waals surface area contributed by atoms with Crippen molar-refractivity contribution < 1.29 is 9.90 Å². The van der Waals surface area contributed by atoms with E-state index in [1.165, 1.54) is 6.20 Å². The fourth-order valence-corrected chi connectivity index (χ4v) is 2.12. The minimum atomic E-state index is -0.963. The summed E-state index contributed by atoms with van der Waals surface area (Å²) in [5.74, 6) is -0.963. The van der Waals surface area contributed by atoms with Crippen LogP contribution in [0.5, 0.6) is 0 Å². The van der Waals surface area contributed by atoms with Crippen molar-refractivity contribution in [1.29, 1.82) is 0 Å². The van der Waals surface area contributed by atoms with Crippen LogP contribution in [0.4, 0.5) is 5.69 Å². The topological polar surface area (TPSA) is 71.2 Å². The van der Waals surface area contributed by atoms with Gasteiger partial charge in [0, 0.05) is 26.3 Å². The fourth-order valence-electron chi connectivity index (χ4n) is 2.12. The molecular weight excluding hydrogens is 232 g/mol. The second kappa shape index (κ2) is 4.64. The lowest BCUT2D eigenvalue weighted by molar-refractivity contribution is 0.0697. The van der Waals surface area contributed by atoms with Crippen molar-refractivity contribution in [1.82, 2.24) is 14.8 Å². The van der Waals surface area contributed by atoms with Crippen molar-refractivity contribution in [2.24, 2.45) is 7.05 Å². The molecule has 2 aromatic heterocycles. The van der Waals surface area contributed by atoms with E-state index in [2.05, 4.69) is 10.1 Å². The van der Waals surface area contributed by atoms with E-state index >= 15 is 0 Å². The SMILES string of the molecule is CCN(CC)c1c(C(=O)O)cnc2c1cnn2C. The Morgan fingerprint density at radius 3 is 2.61 bits per heavy atom. The van der Waals surface area contributed by atoms with Crippen LogP contribution in [0.1, 0.15) is 24.2 Å². The van der Waals surface area contributed by atoms with E-state index in [1.54, 1.807) is 17.9 Å². The molecule has 6 nitrogen and oxygen atoms in total. The summed E-state index contributed by atoms with van der Waals surface area (Å²) in [6.45, 7) is 5.48. The third kappa shape index (κ3) is 1.79. The van der Waals surface area contributed by atoms with E-state index in [9.17, 15) is 9.90 Å². The molecule has 2 rings (SSSR count). The maximum atomic E-state index is 11.3. The van der Waals surface area contributed by atoms with Crippen LogP contribution in [0.15, 0.2) is 12.4 Å². The monoisotopic (exact) mass is 248 g/mol. The minimum Gasteiger partial charge on any atom is -0.478 e. The van der Waals surface area contributed by atoms with Crippen molar-refractivity contribution in [2.45, 2.75) is 13.8 Å². The molecule has 0 radical (unpaired) electrons. The zero-order valence-electron chi connectivity index (χ0n) is 10.7. The number of hydrogen-bond acceptors (Lipinski definition) is 4. The highest BCUT2D eigenvalue weighted by Gasteiger charge is 2.20. The third-order valence-corrected chi connectivity index (χ3v) is 3.04. The van der Waals surface area contributed by atoms with Crippen LogP contribution in [0.3, 0.4) is 0 Å². The Hall–Kier alpha value is -2.11. The van der Waals surface area contributed by atoms with Gasteiger partial charge in [0.15, 0.2) is 5.65 Å². The number of carboxylic acids is 1. The lowest BCUT2D eigenvalue weighted by Gasteiger charge is -2.23. The maximum absolute atomic E-state index is 11.3. The second-order valence-corrected chi connectivity index (χ2v) is 4.00. The van der Waals surface area contributed by atoms with E-state index < -0.39 is 5.97 Å². The number of rotatable bonds is 4. The lowest BCUT2D eigenvalue weighted by Crippen LogP contribution is -2.24. The number of nitrogens with zero attached hydrogens (tertiary/aromatic N) is 4. The van der Waals surface area contributed by atoms with Crippen LogP contribution >= 0.6 is 0 Å². The Labute approximate surface area is 105 Å². The summed E-state index contributed by atoms with van der Waals surface area (Å²) in [4.78, 5) is 17.5. The smallest absolute Gasteiger partial charge is 0.339 e. The molecule has 2 heterocycles. The summed E-state index contributed by atoms with van der Waals surface area (Å²) in [6, 6.07) is 0. The summed E-state index contributed by atoms with van der Waals surface area (Å²) in [5.41, 5.74) is 1.62. The van der Waals surface area contributed by atoms with Crippen LogP contribution in [0, 0.1) is 0 Å². The molecule has 18 heavy (non-hydrogen) atoms. The van der Waals surface area contributed by atoms with Crippen molar-refractivity contribution in [3.8, 4) is 0 Å². The van der Waals surface area contributed by atoms with Crippen molar-refractivity contribution in [3.63, 3.8) is 0 Å². The van der Waals surface area contributed by atoms with E-state index in [1.807, 2.05) is 18.7 Å². The predicted molar refractivity (Wildman–Crippen MR) is 69.0 cm³/mol. The molecule has 6 heteroatoms. The van der Waals surface area contributed by atoms with E-state index in [-0.39, 0.29) is 5.56 Å². The molecule has 0 aliphatic heterocycles. The number of aryl methyl sites for hydroxylation is 1. The van der Waals surface area contributed by atoms with Crippen LogP contribution in [0.2, 0.25) is 0 Å². The largest absolute Gasteiger partial charge is 0.478 e. The van der Waals surface area contributed by atoms with Gasteiger partial charge in [-0.15, -0.1) is 0 Å². The number of aromatic nitrogens is 3. The molecule has 0 spiro atoms. The van der Waals surface area contributed by atoms with Gasteiger partial charge in [-0.3, -0.25) is 4.68 Å². The summed E-state index contributed by atoms with van der Waals surface area (Å²) in [7, 11) is 1.79. The number of fused-ring (bicyclic) bond motifs is 1. The van der Waals surface area contributed by atoms with Gasteiger partial charge in [-0.25, -0.2) is 9.78 Å². The van der Waals surface area contributed by atoms with Crippen LogP contribution in [-0.4, -0.2) is 38.9 Å². The molecule has 1 N–H and O–H groups in total. The first-order chi connectivity index (χ1) is 8.60. The van der Waals surface area contributed by atoms with E-state index in [4.69, 9.17) is 0 Å². The molecule has 0 aliphatic rings. The van der Waals surface area contributed by atoms with Gasteiger partial charge in [-0.05, 0) is 13.8 Å². The normalized spacial score (nSPS) is 10.8. The molecule has 96 valence electrons. The van der Waals surface area contributed by atoms with Crippen molar-refractivity contribution >= 4 is 22.7 Å². The number of anilines is 1. The standard InChI is InChI=1S/C12H16N4O2/c1-4-16(5-2)10-8-7-14-15(3)11(8)13-6-9(10)12(17)18/h6-7H,4-5H2,1-3H3,(H,17,18). The predicted octanol–water partition coefficient (Wildman–Crippen LogP) is 1.51. The van der Waals surface area contributed by atoms with Crippen LogP contribution in [0.25, 0.3) is 11.0 Å². The molecule has 0 saturated carbocycles. The van der Waals surface area contributed by atoms with Gasteiger partial charge in [-0.1, -0.05) is 0 Å². The Morgan fingerprint density at radius 2 is 2.06 bits per heavy atom. The minimum absolute atomic E-state index is 0.221. The van der Waals surface area contributed by atoms with Gasteiger partial charge in [0.25, 0.3) is 0 Å².